The summed E-state index contributed by atoms with van der Waals surface area (Å²) in [6, 6.07) is 5.67. The van der Waals surface area contributed by atoms with Gasteiger partial charge in [-0.15, -0.1) is 16.4 Å². The molecule has 0 aliphatic rings. The standard InChI is InChI=1S/C18H18N6OS/c1-10(2)15-21-16(24(22-15)12-7-5-6-8-19-12)14-11(3)13-17(26-14)20-9-23(4)18(13)25/h5-10H,1-4H3. The maximum atomic E-state index is 12.5. The maximum absolute atomic E-state index is 12.5. The Bertz CT molecular complexity index is 1160. The van der Waals surface area contributed by atoms with Crippen LogP contribution in [0, 0.1) is 6.92 Å². The molecule has 26 heavy (non-hydrogen) atoms. The van der Waals surface area contributed by atoms with E-state index in [1.165, 1.54) is 15.9 Å². The lowest BCUT2D eigenvalue weighted by Crippen LogP contribution is -2.16. The number of thiophene rings is 1. The monoisotopic (exact) mass is 366 g/mol. The number of rotatable bonds is 3. The summed E-state index contributed by atoms with van der Waals surface area (Å²) < 4.78 is 3.24. The first kappa shape index (κ1) is 16.6. The van der Waals surface area contributed by atoms with Gasteiger partial charge in [-0.25, -0.2) is 15.0 Å². The van der Waals surface area contributed by atoms with Gasteiger partial charge in [0.05, 0.1) is 16.6 Å². The summed E-state index contributed by atoms with van der Waals surface area (Å²) in [4.78, 5) is 27.7. The van der Waals surface area contributed by atoms with Gasteiger partial charge in [0, 0.05) is 19.2 Å². The van der Waals surface area contributed by atoms with Crippen LogP contribution < -0.4 is 5.56 Å². The smallest absolute Gasteiger partial charge is 0.262 e. The Morgan fingerprint density at radius 1 is 1.19 bits per heavy atom. The Labute approximate surface area is 154 Å². The van der Waals surface area contributed by atoms with Gasteiger partial charge in [-0.05, 0) is 24.6 Å². The van der Waals surface area contributed by atoms with Crippen LogP contribution in [0.2, 0.25) is 0 Å². The molecule has 4 rings (SSSR count). The fourth-order valence-corrected chi connectivity index (χ4v) is 3.89. The molecule has 0 atom stereocenters. The molecule has 0 spiro atoms. The minimum absolute atomic E-state index is 0.0528. The van der Waals surface area contributed by atoms with Crippen molar-refractivity contribution in [2.24, 2.45) is 7.05 Å². The number of hydrogen-bond donors (Lipinski definition) is 0. The highest BCUT2D eigenvalue weighted by Gasteiger charge is 2.22. The van der Waals surface area contributed by atoms with E-state index in [1.807, 2.05) is 25.1 Å². The Morgan fingerprint density at radius 2 is 2.00 bits per heavy atom. The van der Waals surface area contributed by atoms with E-state index in [9.17, 15) is 4.79 Å². The first-order chi connectivity index (χ1) is 12.5. The molecule has 0 saturated carbocycles. The molecule has 0 bridgehead atoms. The topological polar surface area (TPSA) is 78.5 Å². The summed E-state index contributed by atoms with van der Waals surface area (Å²) in [7, 11) is 1.71. The normalized spacial score (nSPS) is 11.6. The van der Waals surface area contributed by atoms with Crippen molar-refractivity contribution in [2.75, 3.05) is 0 Å². The third kappa shape index (κ3) is 2.53. The Kier molecular flexibility index (Phi) is 3.91. The van der Waals surface area contributed by atoms with Gasteiger partial charge in [0.15, 0.2) is 17.5 Å². The van der Waals surface area contributed by atoms with Gasteiger partial charge >= 0.3 is 0 Å². The first-order valence-electron chi connectivity index (χ1n) is 8.31. The highest BCUT2D eigenvalue weighted by Crippen LogP contribution is 2.35. The minimum Gasteiger partial charge on any atom is -0.302 e. The molecule has 7 nitrogen and oxygen atoms in total. The molecular weight excluding hydrogens is 348 g/mol. The van der Waals surface area contributed by atoms with Gasteiger partial charge in [-0.2, -0.15) is 4.68 Å². The molecule has 0 N–H and O–H groups in total. The molecule has 0 aromatic carbocycles. The van der Waals surface area contributed by atoms with Crippen LogP contribution >= 0.6 is 11.3 Å². The average molecular weight is 366 g/mol. The van der Waals surface area contributed by atoms with Gasteiger partial charge in [-0.3, -0.25) is 4.79 Å². The number of hydrogen-bond acceptors (Lipinski definition) is 6. The van der Waals surface area contributed by atoms with Crippen molar-refractivity contribution in [3.63, 3.8) is 0 Å². The summed E-state index contributed by atoms with van der Waals surface area (Å²) in [6.07, 6.45) is 3.28. The molecule has 0 aliphatic carbocycles. The van der Waals surface area contributed by atoms with Crippen molar-refractivity contribution in [2.45, 2.75) is 26.7 Å². The highest BCUT2D eigenvalue weighted by atomic mass is 32.1. The Balaban J connectivity index is 2.02. The van der Waals surface area contributed by atoms with Crippen LogP contribution in [0.15, 0.2) is 35.5 Å². The van der Waals surface area contributed by atoms with Gasteiger partial charge in [-0.1, -0.05) is 19.9 Å². The van der Waals surface area contributed by atoms with Crippen molar-refractivity contribution in [1.82, 2.24) is 29.3 Å². The number of nitrogens with zero attached hydrogens (tertiary/aromatic N) is 6. The van der Waals surface area contributed by atoms with Crippen LogP contribution in [0.3, 0.4) is 0 Å². The molecule has 0 unspecified atom stereocenters. The van der Waals surface area contributed by atoms with Crippen molar-refractivity contribution in [3.8, 4) is 16.5 Å². The summed E-state index contributed by atoms with van der Waals surface area (Å²) >= 11 is 1.46. The van der Waals surface area contributed by atoms with Crippen LogP contribution in [0.25, 0.3) is 26.7 Å². The van der Waals surface area contributed by atoms with Gasteiger partial charge in [0.25, 0.3) is 5.56 Å². The van der Waals surface area contributed by atoms with Crippen molar-refractivity contribution in [1.29, 1.82) is 0 Å². The molecule has 0 radical (unpaired) electrons. The number of aryl methyl sites for hydroxylation is 2. The summed E-state index contributed by atoms with van der Waals surface area (Å²) in [6.45, 7) is 6.04. The van der Waals surface area contributed by atoms with E-state index in [2.05, 4.69) is 28.9 Å². The second-order valence-corrected chi connectivity index (χ2v) is 7.44. The van der Waals surface area contributed by atoms with Crippen LogP contribution in [-0.4, -0.2) is 29.3 Å². The van der Waals surface area contributed by atoms with Gasteiger partial charge < -0.3 is 4.57 Å². The highest BCUT2D eigenvalue weighted by molar-refractivity contribution is 7.22. The van der Waals surface area contributed by atoms with Crippen molar-refractivity contribution in [3.05, 3.63) is 52.5 Å². The Hall–Kier alpha value is -2.87. The number of pyridine rings is 1. The summed E-state index contributed by atoms with van der Waals surface area (Å²) in [5.41, 5.74) is 0.821. The lowest BCUT2D eigenvalue weighted by molar-refractivity contribution is 0.747. The van der Waals surface area contributed by atoms with Crippen LogP contribution in [0.5, 0.6) is 0 Å². The number of fused-ring (bicyclic) bond motifs is 1. The summed E-state index contributed by atoms with van der Waals surface area (Å²) in [5.74, 6) is 2.30. The molecular formula is C18H18N6OS. The molecule has 0 fully saturated rings. The zero-order valence-electron chi connectivity index (χ0n) is 15.0. The van der Waals surface area contributed by atoms with E-state index in [4.69, 9.17) is 4.98 Å². The quantitative estimate of drug-likeness (QED) is 0.557. The third-order valence-corrected chi connectivity index (χ3v) is 5.42. The zero-order chi connectivity index (χ0) is 18.4. The van der Waals surface area contributed by atoms with E-state index >= 15 is 0 Å². The van der Waals surface area contributed by atoms with E-state index < -0.39 is 0 Å². The largest absolute Gasteiger partial charge is 0.302 e. The zero-order valence-corrected chi connectivity index (χ0v) is 15.8. The SMILES string of the molecule is Cc1c(-c2nc(C(C)C)nn2-c2ccccn2)sc2ncn(C)c(=O)c12. The van der Waals surface area contributed by atoms with Crippen LogP contribution in [0.1, 0.15) is 31.2 Å². The molecule has 0 amide bonds. The Morgan fingerprint density at radius 3 is 2.69 bits per heavy atom. The summed E-state index contributed by atoms with van der Waals surface area (Å²) in [5, 5.41) is 5.29. The lowest BCUT2D eigenvalue weighted by Gasteiger charge is -2.03. The minimum atomic E-state index is -0.0528. The second kappa shape index (κ2) is 6.14. The van der Waals surface area contributed by atoms with Gasteiger partial charge in [0.2, 0.25) is 0 Å². The van der Waals surface area contributed by atoms with E-state index in [0.717, 1.165) is 16.3 Å². The van der Waals surface area contributed by atoms with E-state index in [0.29, 0.717) is 21.9 Å². The molecule has 4 aromatic rings. The molecule has 4 aromatic heterocycles. The first-order valence-corrected chi connectivity index (χ1v) is 9.12. The fraction of sp³-hybridized carbons (Fsp3) is 0.278. The molecule has 0 aliphatic heterocycles. The van der Waals surface area contributed by atoms with E-state index in [-0.39, 0.29) is 11.5 Å². The van der Waals surface area contributed by atoms with Crippen LogP contribution in [0.4, 0.5) is 0 Å². The predicted octanol–water partition coefficient (Wildman–Crippen LogP) is 3.07. The lowest BCUT2D eigenvalue weighted by atomic mass is 10.2. The van der Waals surface area contributed by atoms with E-state index in [1.54, 1.807) is 24.3 Å². The van der Waals surface area contributed by atoms with Crippen molar-refractivity contribution >= 4 is 21.6 Å². The van der Waals surface area contributed by atoms with Gasteiger partial charge in [0.1, 0.15) is 4.83 Å². The molecule has 0 saturated heterocycles. The van der Waals surface area contributed by atoms with Crippen LogP contribution in [-0.2, 0) is 7.05 Å². The predicted molar refractivity (Wildman–Crippen MR) is 102 cm³/mol. The second-order valence-electron chi connectivity index (χ2n) is 6.45. The van der Waals surface area contributed by atoms with Crippen molar-refractivity contribution < 1.29 is 0 Å². The fourth-order valence-electron chi connectivity index (χ4n) is 2.78. The number of aromatic nitrogens is 6. The third-order valence-electron chi connectivity index (χ3n) is 4.22. The molecule has 132 valence electrons. The maximum Gasteiger partial charge on any atom is 0.262 e. The molecule has 4 heterocycles. The molecule has 8 heteroatoms. The average Bonchev–Trinajstić information content (AvgIpc) is 3.21.